The van der Waals surface area contributed by atoms with Gasteiger partial charge in [-0.1, -0.05) is 36.2 Å². The monoisotopic (exact) mass is 325 g/mol. The summed E-state index contributed by atoms with van der Waals surface area (Å²) in [4.78, 5) is 0. The summed E-state index contributed by atoms with van der Waals surface area (Å²) in [5.74, 6) is 0. The number of aryl methyl sites for hydroxylation is 1. The van der Waals surface area contributed by atoms with Crippen molar-refractivity contribution in [1.82, 2.24) is 15.1 Å². The Labute approximate surface area is 136 Å². The van der Waals surface area contributed by atoms with Gasteiger partial charge >= 0.3 is 0 Å². The van der Waals surface area contributed by atoms with Crippen LogP contribution in [0.4, 0.5) is 0 Å². The van der Waals surface area contributed by atoms with Gasteiger partial charge in [-0.3, -0.25) is 4.68 Å². The van der Waals surface area contributed by atoms with Crippen LogP contribution in [0.2, 0.25) is 10.0 Å². The lowest BCUT2D eigenvalue weighted by Gasteiger charge is -2.21. The molecular formula is C16H21Cl2N3. The van der Waals surface area contributed by atoms with Crippen LogP contribution in [0, 0.1) is 0 Å². The third-order valence-corrected chi connectivity index (χ3v) is 4.10. The van der Waals surface area contributed by atoms with E-state index in [0.29, 0.717) is 10.0 Å². The van der Waals surface area contributed by atoms with Crippen LogP contribution in [-0.2, 0) is 13.0 Å². The molecule has 1 unspecified atom stereocenters. The van der Waals surface area contributed by atoms with Crippen molar-refractivity contribution in [2.45, 2.75) is 39.3 Å². The van der Waals surface area contributed by atoms with E-state index in [1.165, 1.54) is 5.56 Å². The molecule has 1 aromatic heterocycles. The maximum atomic E-state index is 6.36. The van der Waals surface area contributed by atoms with Crippen LogP contribution in [0.25, 0.3) is 0 Å². The molecule has 0 bridgehead atoms. The van der Waals surface area contributed by atoms with Crippen LogP contribution in [0.5, 0.6) is 0 Å². The van der Waals surface area contributed by atoms with Crippen molar-refractivity contribution in [2.75, 3.05) is 6.54 Å². The second kappa shape index (κ2) is 7.83. The molecule has 0 aliphatic rings. The molecule has 114 valence electrons. The first kappa shape index (κ1) is 16.3. The first-order valence-corrected chi connectivity index (χ1v) is 8.09. The summed E-state index contributed by atoms with van der Waals surface area (Å²) in [6.07, 6.45) is 5.87. The summed E-state index contributed by atoms with van der Waals surface area (Å²) in [7, 11) is 0. The third-order valence-electron chi connectivity index (χ3n) is 3.44. The molecule has 0 aliphatic heterocycles. The maximum Gasteiger partial charge on any atom is 0.0522 e. The average Bonchev–Trinajstić information content (AvgIpc) is 2.92. The molecule has 1 aromatic carbocycles. The van der Waals surface area contributed by atoms with E-state index in [0.717, 1.165) is 31.5 Å². The van der Waals surface area contributed by atoms with E-state index in [9.17, 15) is 0 Å². The first-order valence-electron chi connectivity index (χ1n) is 7.34. The van der Waals surface area contributed by atoms with E-state index in [4.69, 9.17) is 23.2 Å². The molecule has 0 aliphatic carbocycles. The Morgan fingerprint density at radius 2 is 1.95 bits per heavy atom. The largest absolute Gasteiger partial charge is 0.310 e. The molecular weight excluding hydrogens is 305 g/mol. The number of nitrogens with zero attached hydrogens (tertiary/aromatic N) is 2. The van der Waals surface area contributed by atoms with Gasteiger partial charge in [-0.25, -0.2) is 0 Å². The number of hydrogen-bond donors (Lipinski definition) is 1. The third kappa shape index (κ3) is 4.22. The lowest BCUT2D eigenvalue weighted by Crippen LogP contribution is -2.24. The summed E-state index contributed by atoms with van der Waals surface area (Å²) >= 11 is 12.7. The Balaban J connectivity index is 2.25. The highest BCUT2D eigenvalue weighted by Gasteiger charge is 2.18. The fourth-order valence-electron chi connectivity index (χ4n) is 2.36. The topological polar surface area (TPSA) is 29.9 Å². The van der Waals surface area contributed by atoms with Crippen molar-refractivity contribution in [3.05, 3.63) is 51.8 Å². The van der Waals surface area contributed by atoms with Gasteiger partial charge in [0.2, 0.25) is 0 Å². The molecule has 2 aromatic rings. The number of benzene rings is 1. The normalized spacial score (nSPS) is 12.6. The second-order valence-electron chi connectivity index (χ2n) is 5.05. The molecule has 0 fully saturated rings. The standard InChI is InChI=1S/C16H21Cl2N3/c1-3-8-19-15(9-12-10-20-21(4-2)11-12)16-13(17)6-5-7-14(16)18/h5-7,10-11,15,19H,3-4,8-9H2,1-2H3. The minimum atomic E-state index is 0.0978. The summed E-state index contributed by atoms with van der Waals surface area (Å²) < 4.78 is 1.93. The first-order chi connectivity index (χ1) is 10.2. The number of hydrogen-bond acceptors (Lipinski definition) is 2. The van der Waals surface area contributed by atoms with Crippen molar-refractivity contribution in [1.29, 1.82) is 0 Å². The molecule has 0 amide bonds. The zero-order chi connectivity index (χ0) is 15.2. The van der Waals surface area contributed by atoms with Crippen LogP contribution in [0.3, 0.4) is 0 Å². The molecule has 1 heterocycles. The summed E-state index contributed by atoms with van der Waals surface area (Å²) in [6, 6.07) is 5.75. The Kier molecular flexibility index (Phi) is 6.09. The summed E-state index contributed by atoms with van der Waals surface area (Å²) in [5, 5.41) is 9.28. The number of aromatic nitrogens is 2. The fraction of sp³-hybridized carbons (Fsp3) is 0.438. The molecule has 0 saturated carbocycles. The fourth-order valence-corrected chi connectivity index (χ4v) is 3.02. The van der Waals surface area contributed by atoms with E-state index in [1.54, 1.807) is 0 Å². The number of nitrogens with one attached hydrogen (secondary N) is 1. The van der Waals surface area contributed by atoms with E-state index < -0.39 is 0 Å². The maximum absolute atomic E-state index is 6.36. The molecule has 1 N–H and O–H groups in total. The lowest BCUT2D eigenvalue weighted by molar-refractivity contribution is 0.529. The zero-order valence-electron chi connectivity index (χ0n) is 12.4. The molecule has 3 nitrogen and oxygen atoms in total. The average molecular weight is 326 g/mol. The molecule has 0 saturated heterocycles. The Morgan fingerprint density at radius 3 is 2.52 bits per heavy atom. The highest BCUT2D eigenvalue weighted by atomic mass is 35.5. The van der Waals surface area contributed by atoms with Crippen molar-refractivity contribution in [3.8, 4) is 0 Å². The number of halogens is 2. The molecule has 21 heavy (non-hydrogen) atoms. The van der Waals surface area contributed by atoms with Crippen LogP contribution >= 0.6 is 23.2 Å². The number of rotatable bonds is 7. The Bertz CT molecular complexity index is 560. The van der Waals surface area contributed by atoms with Crippen molar-refractivity contribution >= 4 is 23.2 Å². The van der Waals surface area contributed by atoms with Crippen LogP contribution in [0.15, 0.2) is 30.6 Å². The molecule has 0 spiro atoms. The van der Waals surface area contributed by atoms with Crippen molar-refractivity contribution < 1.29 is 0 Å². The van der Waals surface area contributed by atoms with Gasteiger partial charge in [-0.2, -0.15) is 5.10 Å². The molecule has 1 atom stereocenters. The van der Waals surface area contributed by atoms with Crippen LogP contribution < -0.4 is 5.32 Å². The SMILES string of the molecule is CCCNC(Cc1cnn(CC)c1)c1c(Cl)cccc1Cl. The zero-order valence-corrected chi connectivity index (χ0v) is 14.0. The van der Waals surface area contributed by atoms with E-state index in [2.05, 4.69) is 30.5 Å². The predicted octanol–water partition coefficient (Wildman–Crippen LogP) is 4.49. The molecule has 2 rings (SSSR count). The van der Waals surface area contributed by atoms with Gasteiger partial charge in [-0.15, -0.1) is 0 Å². The van der Waals surface area contributed by atoms with Gasteiger partial charge in [-0.05, 0) is 44.0 Å². The van der Waals surface area contributed by atoms with Gasteiger partial charge in [0.1, 0.15) is 0 Å². The minimum absolute atomic E-state index is 0.0978. The van der Waals surface area contributed by atoms with Gasteiger partial charge in [0.15, 0.2) is 0 Å². The van der Waals surface area contributed by atoms with Gasteiger partial charge in [0.05, 0.1) is 6.20 Å². The molecule has 5 heteroatoms. The predicted molar refractivity (Wildman–Crippen MR) is 89.1 cm³/mol. The van der Waals surface area contributed by atoms with E-state index in [-0.39, 0.29) is 6.04 Å². The summed E-state index contributed by atoms with van der Waals surface area (Å²) in [5.41, 5.74) is 2.15. The van der Waals surface area contributed by atoms with Gasteiger partial charge in [0, 0.05) is 34.4 Å². The second-order valence-corrected chi connectivity index (χ2v) is 5.86. The smallest absolute Gasteiger partial charge is 0.0522 e. The molecule has 0 radical (unpaired) electrons. The van der Waals surface area contributed by atoms with Crippen molar-refractivity contribution in [2.24, 2.45) is 0 Å². The minimum Gasteiger partial charge on any atom is -0.310 e. The Hall–Kier alpha value is -1.03. The highest BCUT2D eigenvalue weighted by molar-refractivity contribution is 6.36. The van der Waals surface area contributed by atoms with Gasteiger partial charge in [0.25, 0.3) is 0 Å². The lowest BCUT2D eigenvalue weighted by atomic mass is 10.0. The quantitative estimate of drug-likeness (QED) is 0.812. The van der Waals surface area contributed by atoms with E-state index in [1.807, 2.05) is 29.1 Å². The van der Waals surface area contributed by atoms with Crippen LogP contribution in [0.1, 0.15) is 37.4 Å². The van der Waals surface area contributed by atoms with Crippen LogP contribution in [-0.4, -0.2) is 16.3 Å². The van der Waals surface area contributed by atoms with Crippen molar-refractivity contribution in [3.63, 3.8) is 0 Å². The van der Waals surface area contributed by atoms with E-state index >= 15 is 0 Å². The summed E-state index contributed by atoms with van der Waals surface area (Å²) in [6.45, 7) is 6.02. The van der Waals surface area contributed by atoms with Gasteiger partial charge < -0.3 is 5.32 Å². The Morgan fingerprint density at radius 1 is 1.24 bits per heavy atom. The highest BCUT2D eigenvalue weighted by Crippen LogP contribution is 2.32.